The second kappa shape index (κ2) is 3.97. The molecule has 0 saturated heterocycles. The van der Waals surface area contributed by atoms with Crippen molar-refractivity contribution in [2.75, 3.05) is 0 Å². The summed E-state index contributed by atoms with van der Waals surface area (Å²) in [5.74, 6) is 0.617. The lowest BCUT2D eigenvalue weighted by Gasteiger charge is -2.39. The first-order valence-electron chi connectivity index (χ1n) is 6.01. The van der Waals surface area contributed by atoms with Crippen LogP contribution < -0.4 is 5.73 Å². The summed E-state index contributed by atoms with van der Waals surface area (Å²) in [4.78, 5) is 0. The van der Waals surface area contributed by atoms with E-state index in [0.717, 1.165) is 19.3 Å². The molecule has 0 aromatic heterocycles. The van der Waals surface area contributed by atoms with Gasteiger partial charge in [0.05, 0.1) is 0 Å². The zero-order valence-electron chi connectivity index (χ0n) is 9.79. The van der Waals surface area contributed by atoms with Gasteiger partial charge in [0.15, 0.2) is 0 Å². The third kappa shape index (κ3) is 1.93. The summed E-state index contributed by atoms with van der Waals surface area (Å²) in [5, 5.41) is 0. The highest BCUT2D eigenvalue weighted by atomic mass is 14.8. The van der Waals surface area contributed by atoms with Gasteiger partial charge in [-0.15, -0.1) is 0 Å². The molecule has 2 unspecified atom stereocenters. The maximum absolute atomic E-state index is 6.53. The number of benzene rings is 1. The van der Waals surface area contributed by atoms with Crippen molar-refractivity contribution in [3.63, 3.8) is 0 Å². The van der Waals surface area contributed by atoms with Crippen LogP contribution in [0.2, 0.25) is 0 Å². The molecular formula is C14H21N. The zero-order valence-corrected chi connectivity index (χ0v) is 9.79. The maximum Gasteiger partial charge on any atom is 0.0224 e. The fourth-order valence-corrected chi connectivity index (χ4v) is 2.61. The number of rotatable bonds is 2. The lowest BCUT2D eigenvalue weighted by molar-refractivity contribution is 0.250. The molecule has 0 heterocycles. The molecule has 1 aromatic carbocycles. The zero-order chi connectivity index (χ0) is 10.9. The van der Waals surface area contributed by atoms with E-state index in [-0.39, 0.29) is 5.54 Å². The predicted octanol–water partition coefficient (Wildman–Crippen LogP) is 2.92. The summed E-state index contributed by atoms with van der Waals surface area (Å²) in [6.45, 7) is 4.52. The van der Waals surface area contributed by atoms with E-state index in [1.165, 1.54) is 17.5 Å². The summed E-state index contributed by atoms with van der Waals surface area (Å²) in [6.07, 6.45) is 4.52. The van der Waals surface area contributed by atoms with Crippen LogP contribution in [-0.4, -0.2) is 5.54 Å². The molecule has 1 aromatic rings. The predicted molar refractivity (Wildman–Crippen MR) is 64.8 cm³/mol. The smallest absolute Gasteiger partial charge is 0.0224 e. The molecule has 82 valence electrons. The first-order chi connectivity index (χ1) is 7.15. The summed E-state index contributed by atoms with van der Waals surface area (Å²) in [5.41, 5.74) is 9.52. The monoisotopic (exact) mass is 203 g/mol. The number of hydrogen-bond donors (Lipinski definition) is 1. The molecule has 1 aliphatic carbocycles. The van der Waals surface area contributed by atoms with Crippen LogP contribution in [0.25, 0.3) is 0 Å². The van der Waals surface area contributed by atoms with E-state index >= 15 is 0 Å². The van der Waals surface area contributed by atoms with Gasteiger partial charge < -0.3 is 5.73 Å². The Labute approximate surface area is 92.7 Å². The third-order valence-electron chi connectivity index (χ3n) is 4.09. The van der Waals surface area contributed by atoms with Crippen LogP contribution in [-0.2, 0) is 12.8 Å². The molecule has 2 N–H and O–H groups in total. The Bertz CT molecular complexity index is 345. The second-order valence-corrected chi connectivity index (χ2v) is 4.99. The van der Waals surface area contributed by atoms with Gasteiger partial charge in [-0.2, -0.15) is 0 Å². The van der Waals surface area contributed by atoms with Gasteiger partial charge in [0.2, 0.25) is 0 Å². The first kappa shape index (κ1) is 10.7. The number of nitrogens with two attached hydrogens (primary N) is 1. The molecule has 0 spiro atoms. The van der Waals surface area contributed by atoms with Crippen molar-refractivity contribution < 1.29 is 0 Å². The van der Waals surface area contributed by atoms with Gasteiger partial charge in [0, 0.05) is 5.54 Å². The maximum atomic E-state index is 6.53. The number of hydrogen-bond acceptors (Lipinski definition) is 1. The summed E-state index contributed by atoms with van der Waals surface area (Å²) >= 11 is 0. The minimum atomic E-state index is 0.0309. The molecule has 1 aliphatic rings. The Kier molecular flexibility index (Phi) is 2.83. The Balaban J connectivity index is 2.24. The highest BCUT2D eigenvalue weighted by molar-refractivity contribution is 5.32. The van der Waals surface area contributed by atoms with Crippen LogP contribution in [0.15, 0.2) is 24.3 Å². The van der Waals surface area contributed by atoms with Crippen molar-refractivity contribution in [1.82, 2.24) is 0 Å². The number of fused-ring (bicyclic) bond motifs is 1. The van der Waals surface area contributed by atoms with Crippen LogP contribution in [0.1, 0.15) is 37.8 Å². The van der Waals surface area contributed by atoms with Gasteiger partial charge in [-0.3, -0.25) is 0 Å². The van der Waals surface area contributed by atoms with Gasteiger partial charge in [0.25, 0.3) is 0 Å². The van der Waals surface area contributed by atoms with Crippen molar-refractivity contribution in [2.45, 2.75) is 45.1 Å². The normalized spacial score (nSPS) is 27.1. The minimum Gasteiger partial charge on any atom is -0.325 e. The van der Waals surface area contributed by atoms with Crippen molar-refractivity contribution >= 4 is 0 Å². The van der Waals surface area contributed by atoms with Crippen LogP contribution in [0, 0.1) is 5.92 Å². The van der Waals surface area contributed by atoms with Crippen LogP contribution >= 0.6 is 0 Å². The van der Waals surface area contributed by atoms with Crippen molar-refractivity contribution in [2.24, 2.45) is 11.7 Å². The van der Waals surface area contributed by atoms with Crippen LogP contribution in [0.4, 0.5) is 0 Å². The molecule has 0 aliphatic heterocycles. The van der Waals surface area contributed by atoms with E-state index in [1.807, 2.05) is 0 Å². The van der Waals surface area contributed by atoms with Gasteiger partial charge >= 0.3 is 0 Å². The fourth-order valence-electron chi connectivity index (χ4n) is 2.61. The molecular weight excluding hydrogens is 182 g/mol. The van der Waals surface area contributed by atoms with E-state index in [1.54, 1.807) is 0 Å². The SMILES string of the molecule is CCC(C)C1(N)CCc2ccccc2C1. The standard InChI is InChI=1S/C14H21N/c1-3-11(2)14(15)9-8-12-6-4-5-7-13(12)10-14/h4-7,11H,3,8-10,15H2,1-2H3. The molecule has 0 fully saturated rings. The largest absolute Gasteiger partial charge is 0.325 e. The molecule has 1 heteroatoms. The molecule has 0 saturated carbocycles. The average molecular weight is 203 g/mol. The van der Waals surface area contributed by atoms with Crippen molar-refractivity contribution in [1.29, 1.82) is 0 Å². The topological polar surface area (TPSA) is 26.0 Å². The molecule has 2 atom stereocenters. The summed E-state index contributed by atoms with van der Waals surface area (Å²) < 4.78 is 0. The van der Waals surface area contributed by atoms with Crippen molar-refractivity contribution in [3.8, 4) is 0 Å². The Morgan fingerprint density at radius 3 is 2.67 bits per heavy atom. The molecule has 2 rings (SSSR count). The first-order valence-corrected chi connectivity index (χ1v) is 6.01. The summed E-state index contributed by atoms with van der Waals surface area (Å²) in [7, 11) is 0. The Hall–Kier alpha value is -0.820. The summed E-state index contributed by atoms with van der Waals surface area (Å²) in [6, 6.07) is 8.73. The molecule has 0 amide bonds. The number of aryl methyl sites for hydroxylation is 1. The third-order valence-corrected chi connectivity index (χ3v) is 4.09. The van der Waals surface area contributed by atoms with Gasteiger partial charge in [0.1, 0.15) is 0 Å². The molecule has 15 heavy (non-hydrogen) atoms. The van der Waals surface area contributed by atoms with E-state index in [4.69, 9.17) is 5.73 Å². The highest BCUT2D eigenvalue weighted by Gasteiger charge is 2.34. The lowest BCUT2D eigenvalue weighted by Crippen LogP contribution is -2.50. The van der Waals surface area contributed by atoms with Crippen LogP contribution in [0.5, 0.6) is 0 Å². The van der Waals surface area contributed by atoms with E-state index in [2.05, 4.69) is 38.1 Å². The van der Waals surface area contributed by atoms with Crippen molar-refractivity contribution in [3.05, 3.63) is 35.4 Å². The van der Waals surface area contributed by atoms with E-state index < -0.39 is 0 Å². The second-order valence-electron chi connectivity index (χ2n) is 4.99. The van der Waals surface area contributed by atoms with Gasteiger partial charge in [-0.05, 0) is 36.3 Å². The highest BCUT2D eigenvalue weighted by Crippen LogP contribution is 2.33. The Morgan fingerprint density at radius 2 is 2.00 bits per heavy atom. The molecule has 0 bridgehead atoms. The lowest BCUT2D eigenvalue weighted by atomic mass is 9.71. The van der Waals surface area contributed by atoms with Crippen LogP contribution in [0.3, 0.4) is 0 Å². The molecule has 1 nitrogen and oxygen atoms in total. The quantitative estimate of drug-likeness (QED) is 0.785. The average Bonchev–Trinajstić information content (AvgIpc) is 2.27. The fraction of sp³-hybridized carbons (Fsp3) is 0.571. The Morgan fingerprint density at radius 1 is 1.33 bits per heavy atom. The van der Waals surface area contributed by atoms with E-state index in [9.17, 15) is 0 Å². The van der Waals surface area contributed by atoms with Gasteiger partial charge in [-0.1, -0.05) is 44.5 Å². The minimum absolute atomic E-state index is 0.0309. The molecule has 0 radical (unpaired) electrons. The van der Waals surface area contributed by atoms with Gasteiger partial charge in [-0.25, -0.2) is 0 Å². The van der Waals surface area contributed by atoms with E-state index in [0.29, 0.717) is 5.92 Å².